The fourth-order valence-electron chi connectivity index (χ4n) is 11.3. The van der Waals surface area contributed by atoms with Crippen LogP contribution in [0.4, 0.5) is 10.5 Å². The topological polar surface area (TPSA) is 188 Å². The number of fused-ring (bicyclic) bond motifs is 2. The number of cyclic esters (lactones) is 1. The Labute approximate surface area is 417 Å². The van der Waals surface area contributed by atoms with Gasteiger partial charge in [0, 0.05) is 37.5 Å². The van der Waals surface area contributed by atoms with Crippen LogP contribution in [0.5, 0.6) is 0 Å². The van der Waals surface area contributed by atoms with Crippen molar-refractivity contribution in [2.45, 2.75) is 109 Å². The van der Waals surface area contributed by atoms with Crippen molar-refractivity contribution >= 4 is 60.1 Å². The Kier molecular flexibility index (Phi) is 16.4. The van der Waals surface area contributed by atoms with Crippen LogP contribution in [0.15, 0.2) is 103 Å². The maximum absolute atomic E-state index is 13.4. The number of piperidine rings is 1. The van der Waals surface area contributed by atoms with E-state index >= 15 is 0 Å². The first kappa shape index (κ1) is 51.4. The molecular formula is C55H68N4O11Si. The molecule has 16 heteroatoms. The summed E-state index contributed by atoms with van der Waals surface area (Å²) >= 11 is 0. The largest absolute Gasteiger partial charge is 0.462 e. The molecule has 0 saturated carbocycles. The number of nitrogens with zero attached hydrogens (tertiary/aromatic N) is 1. The van der Waals surface area contributed by atoms with Gasteiger partial charge in [0.2, 0.25) is 11.8 Å². The van der Waals surface area contributed by atoms with E-state index in [0.717, 1.165) is 11.3 Å². The Morgan fingerprint density at radius 2 is 1.52 bits per heavy atom. The number of nitrogens with one attached hydrogen (secondary N) is 3. The van der Waals surface area contributed by atoms with E-state index < -0.39 is 44.1 Å². The zero-order valence-electron chi connectivity index (χ0n) is 41.5. The normalized spacial score (nSPS) is 25.5. The van der Waals surface area contributed by atoms with Crippen molar-refractivity contribution in [3.05, 3.63) is 114 Å². The zero-order valence-corrected chi connectivity index (χ0v) is 42.5. The molecule has 378 valence electrons. The second kappa shape index (κ2) is 22.6. The van der Waals surface area contributed by atoms with E-state index in [0.29, 0.717) is 31.5 Å². The molecule has 3 N–H and O–H groups in total. The number of benzene rings is 3. The average Bonchev–Trinajstić information content (AvgIpc) is 3.59. The number of imide groups is 2. The molecule has 0 bridgehead atoms. The molecule has 2 saturated heterocycles. The van der Waals surface area contributed by atoms with Crippen molar-refractivity contribution < 1.29 is 52.1 Å². The second-order valence-electron chi connectivity index (χ2n) is 20.5. The Balaban J connectivity index is 0.784. The van der Waals surface area contributed by atoms with E-state index in [1.807, 2.05) is 12.1 Å². The van der Waals surface area contributed by atoms with E-state index in [2.05, 4.69) is 117 Å². The van der Waals surface area contributed by atoms with Crippen molar-refractivity contribution in [2.75, 3.05) is 44.8 Å². The first-order valence-electron chi connectivity index (χ1n) is 25.2. The van der Waals surface area contributed by atoms with Crippen LogP contribution in [0.2, 0.25) is 5.04 Å². The lowest BCUT2D eigenvalue weighted by Gasteiger charge is -2.46. The molecule has 2 fully saturated rings. The van der Waals surface area contributed by atoms with E-state index in [1.165, 1.54) is 15.9 Å². The van der Waals surface area contributed by atoms with Crippen molar-refractivity contribution in [2.24, 2.45) is 23.7 Å². The van der Waals surface area contributed by atoms with Gasteiger partial charge in [-0.15, -0.1) is 0 Å². The molecule has 71 heavy (non-hydrogen) atoms. The third kappa shape index (κ3) is 11.6. The van der Waals surface area contributed by atoms with Gasteiger partial charge in [-0.1, -0.05) is 120 Å². The van der Waals surface area contributed by atoms with Gasteiger partial charge in [0.15, 0.2) is 0 Å². The van der Waals surface area contributed by atoms with Crippen molar-refractivity contribution in [3.63, 3.8) is 0 Å². The molecule has 3 heterocycles. The molecule has 5 aliphatic rings. The molecule has 0 radical (unpaired) electrons. The maximum atomic E-state index is 13.4. The van der Waals surface area contributed by atoms with Crippen LogP contribution in [0.3, 0.4) is 0 Å². The first-order chi connectivity index (χ1) is 34.1. The summed E-state index contributed by atoms with van der Waals surface area (Å²) in [6.45, 7) is 12.8. The van der Waals surface area contributed by atoms with Crippen molar-refractivity contribution in [3.8, 4) is 0 Å². The minimum atomic E-state index is -2.89. The predicted molar refractivity (Wildman–Crippen MR) is 270 cm³/mol. The van der Waals surface area contributed by atoms with Crippen LogP contribution in [0.1, 0.15) is 100 Å². The number of esters is 1. The van der Waals surface area contributed by atoms with Crippen molar-refractivity contribution in [1.82, 2.24) is 15.5 Å². The molecular weight excluding hydrogens is 921 g/mol. The summed E-state index contributed by atoms with van der Waals surface area (Å²) in [7, 11) is -2.89. The molecule has 8 rings (SSSR count). The lowest BCUT2D eigenvalue weighted by molar-refractivity contribution is -0.160. The highest BCUT2D eigenvalue weighted by molar-refractivity contribution is 6.99. The predicted octanol–water partition coefficient (Wildman–Crippen LogP) is 6.46. The minimum Gasteiger partial charge on any atom is -0.462 e. The van der Waals surface area contributed by atoms with E-state index in [1.54, 1.807) is 18.2 Å². The quantitative estimate of drug-likeness (QED) is 0.0516. The second-order valence-corrected chi connectivity index (χ2v) is 24.8. The summed E-state index contributed by atoms with van der Waals surface area (Å²) in [6.07, 6.45) is 8.45. The number of ether oxygens (including phenoxy) is 4. The monoisotopic (exact) mass is 988 g/mol. The summed E-state index contributed by atoms with van der Waals surface area (Å²) in [4.78, 5) is 78.2. The Morgan fingerprint density at radius 3 is 2.20 bits per heavy atom. The smallest absolute Gasteiger partial charge is 0.407 e. The van der Waals surface area contributed by atoms with Gasteiger partial charge < -0.3 is 34.0 Å². The van der Waals surface area contributed by atoms with Gasteiger partial charge in [-0.3, -0.25) is 34.2 Å². The molecule has 3 aliphatic heterocycles. The summed E-state index contributed by atoms with van der Waals surface area (Å²) in [5.74, 6) is -1.84. The van der Waals surface area contributed by atoms with Crippen LogP contribution in [0.25, 0.3) is 0 Å². The standard InChI is InChI=1S/C55H68N4O11Si/c1-35-31-37-20-19-36(2)42(22-21-38-33-39(34-48(61)68-38)70-71(55(3,4)5,40-13-8-6-9-14-40)41-15-10-7-11-16-41)49(37)46(32-35)69-54(65)57-26-28-67-30-29-66-27-25-56-44-18-12-17-43-50(44)53(64)59(52(43)63)45-23-24-47(60)58-51(45)62/h6-20,31,35-36,38-39,42,45-46,49,56H,21-30,32-34H2,1-5H3,(H,57,65)(H,58,60,62)/t35-,36-,38+,39+,42-,45?,46-,49-/m0/s1. The minimum absolute atomic E-state index is 0.00148. The van der Waals surface area contributed by atoms with Gasteiger partial charge in [-0.05, 0) is 76.6 Å². The van der Waals surface area contributed by atoms with Crippen LogP contribution >= 0.6 is 0 Å². The van der Waals surface area contributed by atoms with E-state index in [9.17, 15) is 28.8 Å². The lowest BCUT2D eigenvalue weighted by Crippen LogP contribution is -2.68. The van der Waals surface area contributed by atoms with Gasteiger partial charge in [0.1, 0.15) is 18.2 Å². The average molecular weight is 989 g/mol. The Morgan fingerprint density at radius 1 is 0.831 bits per heavy atom. The van der Waals surface area contributed by atoms with Crippen LogP contribution < -0.4 is 26.3 Å². The van der Waals surface area contributed by atoms with E-state index in [4.69, 9.17) is 23.4 Å². The number of amides is 5. The van der Waals surface area contributed by atoms with E-state index in [-0.39, 0.29) is 116 Å². The Hall–Kier alpha value is -5.94. The SMILES string of the molecule is C[C@H]1C=C2C=C[C@H](C)[C@H](CC[C@@H]3C[C@@H](O[Si](c4ccccc4)(c4ccccc4)C(C)(C)C)CC(=O)O3)[C@H]2[C@@H](OC(=O)NCCOCCOCCNc2cccc3c2C(=O)N(C2CCC(=O)NC2=O)C3=O)C1. The third-order valence-electron chi connectivity index (χ3n) is 14.6. The summed E-state index contributed by atoms with van der Waals surface area (Å²) < 4.78 is 31.1. The fraction of sp³-hybridized carbons (Fsp3) is 0.491. The molecule has 1 unspecified atom stereocenters. The molecule has 0 spiro atoms. The van der Waals surface area contributed by atoms with Gasteiger partial charge in [0.25, 0.3) is 20.1 Å². The van der Waals surface area contributed by atoms with Crippen LogP contribution in [0, 0.1) is 23.7 Å². The molecule has 15 nitrogen and oxygen atoms in total. The highest BCUT2D eigenvalue weighted by Gasteiger charge is 2.53. The lowest BCUT2D eigenvalue weighted by atomic mass is 9.65. The summed E-state index contributed by atoms with van der Waals surface area (Å²) in [5, 5.41) is 10.4. The number of hydrogen-bond donors (Lipinski definition) is 3. The number of anilines is 1. The van der Waals surface area contributed by atoms with Gasteiger partial charge >= 0.3 is 12.1 Å². The number of rotatable bonds is 19. The Bertz CT molecular complexity index is 2450. The molecule has 5 amide bonds. The third-order valence-corrected chi connectivity index (χ3v) is 19.7. The number of alkyl carbamates (subject to hydrolysis) is 1. The molecule has 2 aliphatic carbocycles. The molecule has 3 aromatic carbocycles. The number of carbonyl (C=O) groups is 6. The zero-order chi connectivity index (χ0) is 50.3. The van der Waals surface area contributed by atoms with Crippen molar-refractivity contribution in [1.29, 1.82) is 0 Å². The highest BCUT2D eigenvalue weighted by Crippen LogP contribution is 2.46. The van der Waals surface area contributed by atoms with Gasteiger partial charge in [-0.2, -0.15) is 0 Å². The van der Waals surface area contributed by atoms with Gasteiger partial charge in [-0.25, -0.2) is 4.79 Å². The molecule has 0 aromatic heterocycles. The number of allylic oxidation sites excluding steroid dienone is 3. The first-order valence-corrected chi connectivity index (χ1v) is 27.1. The van der Waals surface area contributed by atoms with Crippen LogP contribution in [-0.2, 0) is 37.8 Å². The fourth-order valence-corrected chi connectivity index (χ4v) is 16.0. The summed E-state index contributed by atoms with van der Waals surface area (Å²) in [6, 6.07) is 24.9. The summed E-state index contributed by atoms with van der Waals surface area (Å²) in [5.41, 5.74) is 2.02. The van der Waals surface area contributed by atoms with Crippen LogP contribution in [-0.4, -0.2) is 113 Å². The number of hydrogen-bond acceptors (Lipinski definition) is 12. The molecule has 3 aromatic rings. The number of carbonyl (C=O) groups excluding carboxylic acids is 6. The molecule has 8 atom stereocenters. The highest BCUT2D eigenvalue weighted by atomic mass is 28.4. The maximum Gasteiger partial charge on any atom is 0.407 e. The van der Waals surface area contributed by atoms with Gasteiger partial charge in [0.05, 0.1) is 50.1 Å².